The normalized spacial score (nSPS) is 10.4. The highest BCUT2D eigenvalue weighted by molar-refractivity contribution is 5.97. The Morgan fingerprint density at radius 3 is 2.41 bits per heavy atom. The molecule has 0 unspecified atom stereocenters. The van der Waals surface area contributed by atoms with Gasteiger partial charge in [-0.05, 0) is 17.1 Å². The lowest BCUT2D eigenvalue weighted by atomic mass is 10.1. The van der Waals surface area contributed by atoms with E-state index in [0.29, 0.717) is 5.56 Å². The molecule has 3 rings (SSSR count). The van der Waals surface area contributed by atoms with Gasteiger partial charge in [-0.25, -0.2) is 4.57 Å². The third kappa shape index (κ3) is 3.01. The van der Waals surface area contributed by atoms with Crippen LogP contribution in [0.5, 0.6) is 5.75 Å². The number of aromatic nitrogens is 2. The van der Waals surface area contributed by atoms with Crippen LogP contribution in [0.3, 0.4) is 0 Å². The summed E-state index contributed by atoms with van der Waals surface area (Å²) in [5.74, 6) is -0.153. The summed E-state index contributed by atoms with van der Waals surface area (Å²) in [5, 5.41) is 9.71. The molecule has 0 saturated carbocycles. The van der Waals surface area contributed by atoms with Gasteiger partial charge in [-0.2, -0.15) is 0 Å². The molecule has 0 aliphatic carbocycles. The summed E-state index contributed by atoms with van der Waals surface area (Å²) in [5.41, 5.74) is 2.20. The molecular weight excluding hydrogens is 276 g/mol. The maximum Gasteiger partial charge on any atom is 0.287 e. The van der Waals surface area contributed by atoms with E-state index in [-0.39, 0.29) is 18.1 Å². The predicted molar refractivity (Wildman–Crippen MR) is 82.3 cm³/mol. The third-order valence-corrected chi connectivity index (χ3v) is 3.37. The molecule has 4 heteroatoms. The van der Waals surface area contributed by atoms with E-state index in [0.717, 1.165) is 11.3 Å². The zero-order valence-corrected chi connectivity index (χ0v) is 11.9. The van der Waals surface area contributed by atoms with E-state index >= 15 is 0 Å². The average molecular weight is 291 g/mol. The standard InChI is InChI=1S/C18H14N2O2/c21-17-9-5-4-8-15(17)18(22)12-20-11-10-16(19-13-20)14-6-2-1-3-7-14/h1-11,13H,12H2/p+1. The monoisotopic (exact) mass is 291 g/mol. The van der Waals surface area contributed by atoms with Gasteiger partial charge in [-0.15, -0.1) is 0 Å². The Balaban J connectivity index is 1.77. The molecular formula is C18H15N2O2+. The van der Waals surface area contributed by atoms with Gasteiger partial charge in [0.15, 0.2) is 12.2 Å². The Kier molecular flexibility index (Phi) is 3.92. The molecule has 22 heavy (non-hydrogen) atoms. The molecule has 0 bridgehead atoms. The van der Waals surface area contributed by atoms with Gasteiger partial charge in [0, 0.05) is 11.6 Å². The van der Waals surface area contributed by atoms with Crippen LogP contribution in [-0.4, -0.2) is 15.9 Å². The third-order valence-electron chi connectivity index (χ3n) is 3.37. The van der Waals surface area contributed by atoms with E-state index in [1.165, 1.54) is 6.07 Å². The van der Waals surface area contributed by atoms with Gasteiger partial charge in [-0.3, -0.25) is 4.79 Å². The number of carbonyl (C=O) groups excluding carboxylic acids is 1. The van der Waals surface area contributed by atoms with Crippen LogP contribution in [-0.2, 0) is 6.54 Å². The molecule has 1 heterocycles. The van der Waals surface area contributed by atoms with Crippen molar-refractivity contribution in [3.63, 3.8) is 0 Å². The molecule has 3 aromatic rings. The summed E-state index contributed by atoms with van der Waals surface area (Å²) in [6, 6.07) is 18.3. The van der Waals surface area contributed by atoms with E-state index in [1.54, 1.807) is 29.1 Å². The molecule has 108 valence electrons. The zero-order valence-electron chi connectivity index (χ0n) is 11.9. The number of phenols is 1. The minimum atomic E-state index is -0.155. The smallest absolute Gasteiger partial charge is 0.287 e. The highest BCUT2D eigenvalue weighted by Crippen LogP contribution is 2.16. The Hall–Kier alpha value is -3.01. The lowest BCUT2D eigenvalue weighted by Crippen LogP contribution is -2.37. The van der Waals surface area contributed by atoms with Gasteiger partial charge in [0.1, 0.15) is 5.75 Å². The first-order valence-corrected chi connectivity index (χ1v) is 6.96. The first-order chi connectivity index (χ1) is 10.7. The molecule has 0 aliphatic rings. The minimum absolute atomic E-state index is 0.00182. The number of hydrogen-bond acceptors (Lipinski definition) is 3. The maximum atomic E-state index is 12.2. The van der Waals surface area contributed by atoms with E-state index in [4.69, 9.17) is 0 Å². The van der Waals surface area contributed by atoms with Crippen molar-refractivity contribution in [3.8, 4) is 17.0 Å². The van der Waals surface area contributed by atoms with Gasteiger partial charge in [0.05, 0.1) is 11.8 Å². The fourth-order valence-corrected chi connectivity index (χ4v) is 2.22. The fourth-order valence-electron chi connectivity index (χ4n) is 2.22. The molecule has 0 radical (unpaired) electrons. The maximum absolute atomic E-state index is 12.2. The van der Waals surface area contributed by atoms with Crippen molar-refractivity contribution >= 4 is 5.78 Å². The van der Waals surface area contributed by atoms with Crippen molar-refractivity contribution in [2.45, 2.75) is 6.54 Å². The van der Waals surface area contributed by atoms with E-state index < -0.39 is 0 Å². The summed E-state index contributed by atoms with van der Waals surface area (Å²) in [4.78, 5) is 16.5. The first kappa shape index (κ1) is 13.9. The van der Waals surface area contributed by atoms with Crippen LogP contribution in [0.1, 0.15) is 10.4 Å². The molecule has 1 N–H and O–H groups in total. The molecule has 2 aromatic carbocycles. The number of ketones is 1. The number of para-hydroxylation sites is 1. The molecule has 0 amide bonds. The van der Waals surface area contributed by atoms with Crippen LogP contribution in [0.2, 0.25) is 0 Å². The van der Waals surface area contributed by atoms with Crippen LogP contribution >= 0.6 is 0 Å². The van der Waals surface area contributed by atoms with Crippen molar-refractivity contribution in [1.29, 1.82) is 0 Å². The molecule has 0 atom stereocenters. The number of aromatic hydroxyl groups is 1. The minimum Gasteiger partial charge on any atom is -0.507 e. The molecule has 4 nitrogen and oxygen atoms in total. The van der Waals surface area contributed by atoms with Crippen molar-refractivity contribution in [2.75, 3.05) is 0 Å². The molecule has 0 fully saturated rings. The number of rotatable bonds is 4. The van der Waals surface area contributed by atoms with Gasteiger partial charge < -0.3 is 5.11 Å². The van der Waals surface area contributed by atoms with Gasteiger partial charge >= 0.3 is 0 Å². The number of phenolic OH excluding ortho intramolecular Hbond substituents is 1. The van der Waals surface area contributed by atoms with Crippen molar-refractivity contribution in [2.24, 2.45) is 0 Å². The summed E-state index contributed by atoms with van der Waals surface area (Å²) < 4.78 is 1.70. The lowest BCUT2D eigenvalue weighted by molar-refractivity contribution is -0.686. The second kappa shape index (κ2) is 6.18. The van der Waals surface area contributed by atoms with E-state index in [9.17, 15) is 9.90 Å². The SMILES string of the molecule is O=C(C[n+]1ccc(-c2ccccc2)nc1)c1ccccc1O. The van der Waals surface area contributed by atoms with Crippen molar-refractivity contribution in [3.05, 3.63) is 78.8 Å². The summed E-state index contributed by atoms with van der Waals surface area (Å²) >= 11 is 0. The van der Waals surface area contributed by atoms with Crippen LogP contribution < -0.4 is 4.57 Å². The number of hydrogen-bond donors (Lipinski definition) is 1. The van der Waals surface area contributed by atoms with E-state index in [2.05, 4.69) is 4.98 Å². The Bertz CT molecular complexity index is 784. The van der Waals surface area contributed by atoms with Gasteiger partial charge in [-0.1, -0.05) is 42.5 Å². The molecule has 0 saturated heterocycles. The van der Waals surface area contributed by atoms with Crippen LogP contribution in [0.15, 0.2) is 73.2 Å². The summed E-state index contributed by atoms with van der Waals surface area (Å²) in [6.07, 6.45) is 3.44. The Labute approximate surface area is 128 Å². The van der Waals surface area contributed by atoms with Gasteiger partial charge in [0.2, 0.25) is 5.78 Å². The molecule has 0 spiro atoms. The Morgan fingerprint density at radius 1 is 1.00 bits per heavy atom. The number of carbonyl (C=O) groups is 1. The second-order valence-electron chi connectivity index (χ2n) is 4.92. The Morgan fingerprint density at radius 2 is 1.73 bits per heavy atom. The summed E-state index contributed by atoms with van der Waals surface area (Å²) in [7, 11) is 0. The van der Waals surface area contributed by atoms with Crippen LogP contribution in [0, 0.1) is 0 Å². The van der Waals surface area contributed by atoms with Gasteiger partial charge in [0.25, 0.3) is 6.33 Å². The van der Waals surface area contributed by atoms with Crippen molar-refractivity contribution < 1.29 is 14.5 Å². The van der Waals surface area contributed by atoms with Crippen LogP contribution in [0.25, 0.3) is 11.3 Å². The highest BCUT2D eigenvalue weighted by atomic mass is 16.3. The molecule has 1 aromatic heterocycles. The highest BCUT2D eigenvalue weighted by Gasteiger charge is 2.14. The number of benzene rings is 2. The zero-order chi connectivity index (χ0) is 15.4. The van der Waals surface area contributed by atoms with E-state index in [1.807, 2.05) is 42.6 Å². The lowest BCUT2D eigenvalue weighted by Gasteiger charge is -2.02. The summed E-state index contributed by atoms with van der Waals surface area (Å²) in [6.45, 7) is 0.139. The number of Topliss-reactive ketones (excluding diaryl/α,β-unsaturated/α-hetero) is 1. The second-order valence-corrected chi connectivity index (χ2v) is 4.92. The topological polar surface area (TPSA) is 54.1 Å². The fraction of sp³-hybridized carbons (Fsp3) is 0.0556. The largest absolute Gasteiger partial charge is 0.507 e. The predicted octanol–water partition coefficient (Wildman–Crippen LogP) is 2.62. The average Bonchev–Trinajstić information content (AvgIpc) is 2.57. The molecule has 0 aliphatic heterocycles. The van der Waals surface area contributed by atoms with Crippen molar-refractivity contribution in [1.82, 2.24) is 4.98 Å². The number of nitrogens with zero attached hydrogens (tertiary/aromatic N) is 2. The first-order valence-electron chi connectivity index (χ1n) is 6.96. The van der Waals surface area contributed by atoms with Crippen LogP contribution in [0.4, 0.5) is 0 Å². The quantitative estimate of drug-likeness (QED) is 0.594.